The van der Waals surface area contributed by atoms with Gasteiger partial charge in [-0.2, -0.15) is 0 Å². The van der Waals surface area contributed by atoms with E-state index in [4.69, 9.17) is 9.97 Å². The van der Waals surface area contributed by atoms with Crippen LogP contribution in [0.4, 0.5) is 5.82 Å². The molecule has 5 heteroatoms. The largest absolute Gasteiger partial charge is 0.351 e. The van der Waals surface area contributed by atoms with E-state index in [0.29, 0.717) is 12.1 Å². The number of piperazine rings is 1. The summed E-state index contributed by atoms with van der Waals surface area (Å²) in [5, 5.41) is 0. The average molecular weight is 323 g/mol. The molecule has 4 rings (SSSR count). The van der Waals surface area contributed by atoms with Crippen molar-refractivity contribution in [3.8, 4) is 11.5 Å². The number of likely N-dealkylation sites (N-methyl/N-ethyl adjacent to an activating group) is 1. The molecule has 126 valence electrons. The second kappa shape index (κ2) is 6.13. The highest BCUT2D eigenvalue weighted by Gasteiger charge is 2.31. The van der Waals surface area contributed by atoms with Crippen LogP contribution >= 0.6 is 0 Å². The number of pyridine rings is 1. The summed E-state index contributed by atoms with van der Waals surface area (Å²) in [6.45, 7) is 6.67. The third-order valence-electron chi connectivity index (χ3n) is 5.37. The molecule has 2 atom stereocenters. The fraction of sp³-hybridized carbons (Fsp3) is 0.526. The van der Waals surface area contributed by atoms with Gasteiger partial charge in [-0.05, 0) is 52.3 Å². The molecule has 2 aliphatic rings. The second-order valence-corrected chi connectivity index (χ2v) is 7.15. The van der Waals surface area contributed by atoms with Crippen LogP contribution in [0.1, 0.15) is 31.5 Å². The molecule has 1 fully saturated rings. The van der Waals surface area contributed by atoms with Gasteiger partial charge in [-0.25, -0.2) is 9.97 Å². The van der Waals surface area contributed by atoms with Crippen LogP contribution in [0.25, 0.3) is 11.5 Å². The van der Waals surface area contributed by atoms with E-state index in [1.807, 2.05) is 24.4 Å². The summed E-state index contributed by atoms with van der Waals surface area (Å²) < 4.78 is 0. The molecule has 0 saturated carbocycles. The number of nitrogens with zero attached hydrogens (tertiary/aromatic N) is 5. The Morgan fingerprint density at radius 2 is 1.92 bits per heavy atom. The lowest BCUT2D eigenvalue weighted by Gasteiger charge is -2.43. The van der Waals surface area contributed by atoms with Crippen LogP contribution in [0.3, 0.4) is 0 Å². The zero-order valence-electron chi connectivity index (χ0n) is 14.7. The van der Waals surface area contributed by atoms with Gasteiger partial charge in [0, 0.05) is 42.6 Å². The van der Waals surface area contributed by atoms with Gasteiger partial charge in [0.25, 0.3) is 0 Å². The van der Waals surface area contributed by atoms with E-state index in [1.54, 1.807) is 0 Å². The summed E-state index contributed by atoms with van der Waals surface area (Å²) in [4.78, 5) is 19.2. The van der Waals surface area contributed by atoms with Crippen LogP contribution in [0.2, 0.25) is 0 Å². The zero-order valence-corrected chi connectivity index (χ0v) is 14.7. The van der Waals surface area contributed by atoms with Crippen molar-refractivity contribution in [2.24, 2.45) is 0 Å². The van der Waals surface area contributed by atoms with E-state index in [2.05, 4.69) is 35.7 Å². The van der Waals surface area contributed by atoms with E-state index >= 15 is 0 Å². The number of aryl methyl sites for hydroxylation is 1. The summed E-state index contributed by atoms with van der Waals surface area (Å²) >= 11 is 0. The molecule has 2 aromatic heterocycles. The number of hydrogen-bond acceptors (Lipinski definition) is 5. The first kappa shape index (κ1) is 15.5. The maximum absolute atomic E-state index is 4.98. The quantitative estimate of drug-likeness (QED) is 0.850. The van der Waals surface area contributed by atoms with Crippen molar-refractivity contribution in [2.75, 3.05) is 25.0 Å². The van der Waals surface area contributed by atoms with Gasteiger partial charge in [0.05, 0.1) is 0 Å². The van der Waals surface area contributed by atoms with Crippen LogP contribution in [0.15, 0.2) is 24.4 Å². The first-order valence-electron chi connectivity index (χ1n) is 8.91. The highest BCUT2D eigenvalue weighted by atomic mass is 15.3. The number of anilines is 1. The van der Waals surface area contributed by atoms with Crippen molar-refractivity contribution in [2.45, 2.75) is 45.2 Å². The molecule has 0 spiro atoms. The van der Waals surface area contributed by atoms with Crippen molar-refractivity contribution in [1.29, 1.82) is 0 Å². The summed E-state index contributed by atoms with van der Waals surface area (Å²) in [7, 11) is 2.21. The molecule has 5 nitrogen and oxygen atoms in total. The van der Waals surface area contributed by atoms with Gasteiger partial charge < -0.3 is 4.90 Å². The minimum atomic E-state index is 0.461. The van der Waals surface area contributed by atoms with Gasteiger partial charge >= 0.3 is 0 Å². The summed E-state index contributed by atoms with van der Waals surface area (Å²) in [5.74, 6) is 1.91. The first-order valence-corrected chi connectivity index (χ1v) is 8.91. The van der Waals surface area contributed by atoms with Gasteiger partial charge in [-0.15, -0.1) is 0 Å². The minimum absolute atomic E-state index is 0.461. The second-order valence-electron chi connectivity index (χ2n) is 7.15. The van der Waals surface area contributed by atoms with E-state index in [9.17, 15) is 0 Å². The van der Waals surface area contributed by atoms with E-state index in [1.165, 1.54) is 17.7 Å². The van der Waals surface area contributed by atoms with Crippen LogP contribution in [0, 0.1) is 0 Å². The van der Waals surface area contributed by atoms with Crippen LogP contribution in [0.5, 0.6) is 0 Å². The predicted octanol–water partition coefficient (Wildman–Crippen LogP) is 2.56. The SMILES string of the molecule is C[C@@H]1CN(c2nc(-c3ccccn3)nc3c2CCC3)[C@@H](C)CN1C. The molecule has 0 bridgehead atoms. The smallest absolute Gasteiger partial charge is 0.180 e. The summed E-state index contributed by atoms with van der Waals surface area (Å²) in [6.07, 6.45) is 5.15. The molecule has 0 N–H and O–H groups in total. The topological polar surface area (TPSA) is 45.2 Å². The Morgan fingerprint density at radius 3 is 2.71 bits per heavy atom. The van der Waals surface area contributed by atoms with Gasteiger partial charge in [0.2, 0.25) is 0 Å². The molecule has 0 radical (unpaired) electrons. The van der Waals surface area contributed by atoms with Crippen LogP contribution in [-0.2, 0) is 12.8 Å². The maximum atomic E-state index is 4.98. The summed E-state index contributed by atoms with van der Waals surface area (Å²) in [5.41, 5.74) is 3.45. The molecule has 0 aromatic carbocycles. The molecule has 24 heavy (non-hydrogen) atoms. The highest BCUT2D eigenvalue weighted by Crippen LogP contribution is 2.33. The van der Waals surface area contributed by atoms with Crippen molar-refractivity contribution in [3.05, 3.63) is 35.7 Å². The lowest BCUT2D eigenvalue weighted by molar-refractivity contribution is 0.205. The normalized spacial score (nSPS) is 24.2. The van der Waals surface area contributed by atoms with Gasteiger partial charge in [0.1, 0.15) is 11.5 Å². The number of rotatable bonds is 2. The first-order chi connectivity index (χ1) is 11.6. The Bertz CT molecular complexity index is 730. The molecule has 1 aliphatic carbocycles. The Balaban J connectivity index is 1.79. The lowest BCUT2D eigenvalue weighted by Crippen LogP contribution is -2.55. The Morgan fingerprint density at radius 1 is 1.04 bits per heavy atom. The third kappa shape index (κ3) is 2.67. The molecule has 1 aliphatic heterocycles. The van der Waals surface area contributed by atoms with Crippen molar-refractivity contribution < 1.29 is 0 Å². The predicted molar refractivity (Wildman–Crippen MR) is 96.2 cm³/mol. The Hall–Kier alpha value is -2.01. The van der Waals surface area contributed by atoms with Crippen LogP contribution < -0.4 is 4.90 Å². The fourth-order valence-electron chi connectivity index (χ4n) is 3.85. The Kier molecular flexibility index (Phi) is 3.96. The monoisotopic (exact) mass is 323 g/mol. The van der Waals surface area contributed by atoms with E-state index in [0.717, 1.165) is 43.3 Å². The average Bonchev–Trinajstić information content (AvgIpc) is 3.07. The standard InChI is InChI=1S/C19H25N5/c1-13-12-24(14(2)11-23(13)3)19-15-7-6-9-16(15)21-18(22-19)17-8-4-5-10-20-17/h4-5,8,10,13-14H,6-7,9,11-12H2,1-3H3/t13-,14+/m1/s1. The van der Waals surface area contributed by atoms with Gasteiger partial charge in [-0.1, -0.05) is 6.07 Å². The number of hydrogen-bond donors (Lipinski definition) is 0. The Labute approximate surface area is 143 Å². The molecule has 3 heterocycles. The molecule has 2 aromatic rings. The van der Waals surface area contributed by atoms with E-state index in [-0.39, 0.29) is 0 Å². The number of aromatic nitrogens is 3. The molecule has 0 unspecified atom stereocenters. The van der Waals surface area contributed by atoms with Gasteiger partial charge in [-0.3, -0.25) is 9.88 Å². The minimum Gasteiger partial charge on any atom is -0.351 e. The number of fused-ring (bicyclic) bond motifs is 1. The maximum Gasteiger partial charge on any atom is 0.180 e. The van der Waals surface area contributed by atoms with Crippen LogP contribution in [-0.4, -0.2) is 52.1 Å². The highest BCUT2D eigenvalue weighted by molar-refractivity contribution is 5.59. The molecular formula is C19H25N5. The van der Waals surface area contributed by atoms with E-state index < -0.39 is 0 Å². The third-order valence-corrected chi connectivity index (χ3v) is 5.37. The molecular weight excluding hydrogens is 298 g/mol. The van der Waals surface area contributed by atoms with Crippen molar-refractivity contribution >= 4 is 5.82 Å². The fourth-order valence-corrected chi connectivity index (χ4v) is 3.85. The lowest BCUT2D eigenvalue weighted by atomic mass is 10.1. The summed E-state index contributed by atoms with van der Waals surface area (Å²) in [6, 6.07) is 6.92. The van der Waals surface area contributed by atoms with Crippen molar-refractivity contribution in [3.63, 3.8) is 0 Å². The van der Waals surface area contributed by atoms with Gasteiger partial charge in [0.15, 0.2) is 5.82 Å². The molecule has 0 amide bonds. The van der Waals surface area contributed by atoms with Crippen molar-refractivity contribution in [1.82, 2.24) is 19.9 Å². The zero-order chi connectivity index (χ0) is 16.7. The molecule has 1 saturated heterocycles.